The second kappa shape index (κ2) is 7.13. The van der Waals surface area contributed by atoms with Gasteiger partial charge in [-0.25, -0.2) is 9.37 Å². The predicted octanol–water partition coefficient (Wildman–Crippen LogP) is 2.80. The van der Waals surface area contributed by atoms with Crippen LogP contribution in [0.15, 0.2) is 36.5 Å². The number of rotatable bonds is 3. The Balaban J connectivity index is 1.50. The Morgan fingerprint density at radius 2 is 2.03 bits per heavy atom. The smallest absolute Gasteiger partial charge is 0.255 e. The Labute approximate surface area is 169 Å². The third-order valence-corrected chi connectivity index (χ3v) is 6.13. The number of pyridine rings is 1. The van der Waals surface area contributed by atoms with Gasteiger partial charge in [-0.15, -0.1) is 0 Å². The minimum atomic E-state index is -0.395. The average Bonchev–Trinajstić information content (AvgIpc) is 3.31. The Morgan fingerprint density at radius 3 is 2.72 bits per heavy atom. The molecule has 1 unspecified atom stereocenters. The summed E-state index contributed by atoms with van der Waals surface area (Å²) in [4.78, 5) is 32.5. The highest BCUT2D eigenvalue weighted by Crippen LogP contribution is 2.38. The zero-order valence-corrected chi connectivity index (χ0v) is 16.9. The fourth-order valence-corrected chi connectivity index (χ4v) is 4.24. The molecule has 0 saturated carbocycles. The van der Waals surface area contributed by atoms with Crippen LogP contribution in [0.3, 0.4) is 0 Å². The molecule has 152 valence electrons. The Kier molecular flexibility index (Phi) is 4.76. The van der Waals surface area contributed by atoms with E-state index in [1.807, 2.05) is 13.0 Å². The number of hydrogen-bond acceptors (Lipinski definition) is 4. The van der Waals surface area contributed by atoms with Gasteiger partial charge in [-0.1, -0.05) is 12.1 Å². The summed E-state index contributed by atoms with van der Waals surface area (Å²) in [6.07, 6.45) is 3.05. The molecular formula is C22H25FN4O2. The van der Waals surface area contributed by atoms with E-state index < -0.39 is 5.54 Å². The van der Waals surface area contributed by atoms with Crippen LogP contribution in [-0.4, -0.2) is 52.8 Å². The van der Waals surface area contributed by atoms with Crippen molar-refractivity contribution in [2.45, 2.75) is 38.3 Å². The molecule has 2 amide bonds. The molecule has 7 heteroatoms. The molecule has 3 heterocycles. The van der Waals surface area contributed by atoms with Crippen molar-refractivity contribution in [2.24, 2.45) is 0 Å². The Bertz CT molecular complexity index is 962. The van der Waals surface area contributed by atoms with Gasteiger partial charge >= 0.3 is 0 Å². The number of fused-ring (bicyclic) bond motifs is 1. The number of carbonyl (C=O) groups is 2. The second-order valence-corrected chi connectivity index (χ2v) is 8.20. The number of aromatic nitrogens is 1. The lowest BCUT2D eigenvalue weighted by Crippen LogP contribution is -2.38. The molecule has 1 N–H and O–H groups in total. The van der Waals surface area contributed by atoms with E-state index in [4.69, 9.17) is 0 Å². The van der Waals surface area contributed by atoms with Crippen LogP contribution in [0.25, 0.3) is 0 Å². The zero-order valence-electron chi connectivity index (χ0n) is 16.9. The maximum absolute atomic E-state index is 13.3. The van der Waals surface area contributed by atoms with Crippen molar-refractivity contribution in [1.82, 2.24) is 14.8 Å². The van der Waals surface area contributed by atoms with E-state index in [0.29, 0.717) is 25.1 Å². The molecule has 2 atom stereocenters. The number of hydrogen-bond donors (Lipinski definition) is 1. The summed E-state index contributed by atoms with van der Waals surface area (Å²) in [6, 6.07) is 8.41. The van der Waals surface area contributed by atoms with Gasteiger partial charge in [-0.05, 0) is 42.7 Å². The summed E-state index contributed by atoms with van der Waals surface area (Å²) < 4.78 is 13.3. The van der Waals surface area contributed by atoms with Crippen LogP contribution >= 0.6 is 0 Å². The first-order chi connectivity index (χ1) is 13.8. The second-order valence-electron chi connectivity index (χ2n) is 8.20. The van der Waals surface area contributed by atoms with Gasteiger partial charge in [0.25, 0.3) is 5.91 Å². The van der Waals surface area contributed by atoms with Gasteiger partial charge in [0.05, 0.1) is 17.1 Å². The topological polar surface area (TPSA) is 65.5 Å². The molecule has 0 spiro atoms. The average molecular weight is 396 g/mol. The van der Waals surface area contributed by atoms with Gasteiger partial charge in [-0.2, -0.15) is 0 Å². The van der Waals surface area contributed by atoms with E-state index in [0.717, 1.165) is 23.4 Å². The summed E-state index contributed by atoms with van der Waals surface area (Å²) in [7, 11) is 1.78. The first kappa shape index (κ1) is 19.4. The number of benzene rings is 1. The van der Waals surface area contributed by atoms with Crippen LogP contribution in [0.1, 0.15) is 41.8 Å². The van der Waals surface area contributed by atoms with Crippen LogP contribution in [0.2, 0.25) is 0 Å². The summed E-state index contributed by atoms with van der Waals surface area (Å²) in [6.45, 7) is 4.76. The molecule has 1 aromatic heterocycles. The van der Waals surface area contributed by atoms with Crippen LogP contribution in [0.5, 0.6) is 0 Å². The molecule has 2 aliphatic rings. The minimum Gasteiger partial charge on any atom is -0.360 e. The van der Waals surface area contributed by atoms with Gasteiger partial charge in [0.15, 0.2) is 0 Å². The maximum Gasteiger partial charge on any atom is 0.255 e. The largest absolute Gasteiger partial charge is 0.360 e. The number of nitrogens with one attached hydrogen (secondary N) is 1. The maximum atomic E-state index is 13.3. The highest BCUT2D eigenvalue weighted by atomic mass is 19.1. The normalized spacial score (nSPS) is 22.9. The fraction of sp³-hybridized carbons (Fsp3) is 0.409. The van der Waals surface area contributed by atoms with Crippen molar-refractivity contribution >= 4 is 17.6 Å². The molecule has 1 fully saturated rings. The molecule has 4 rings (SSSR count). The van der Waals surface area contributed by atoms with Crippen molar-refractivity contribution in [3.8, 4) is 0 Å². The molecule has 2 aliphatic heterocycles. The summed E-state index contributed by atoms with van der Waals surface area (Å²) in [5, 5.41) is 3.41. The van der Waals surface area contributed by atoms with Gasteiger partial charge in [0, 0.05) is 39.7 Å². The number of halogens is 1. The lowest BCUT2D eigenvalue weighted by atomic mass is 9.89. The number of likely N-dealkylation sites (N-methyl/N-ethyl adjacent to an activating group) is 1. The van der Waals surface area contributed by atoms with Crippen molar-refractivity contribution in [3.63, 3.8) is 0 Å². The first-order valence-electron chi connectivity index (χ1n) is 9.83. The minimum absolute atomic E-state index is 0.00893. The van der Waals surface area contributed by atoms with E-state index >= 15 is 0 Å². The lowest BCUT2D eigenvalue weighted by Gasteiger charge is -2.25. The number of nitrogens with zero attached hydrogens (tertiary/aromatic N) is 3. The fourth-order valence-electron chi connectivity index (χ4n) is 4.24. The van der Waals surface area contributed by atoms with Crippen molar-refractivity contribution in [3.05, 3.63) is 59.0 Å². The SMILES string of the molecule is CC(=O)N(C)C1CCN(C(=O)c2cnc3c(c2)C[C@](C)(c2ccc(F)cc2)N3)C1. The van der Waals surface area contributed by atoms with Gasteiger partial charge in [-0.3, -0.25) is 9.59 Å². The zero-order chi connectivity index (χ0) is 20.8. The predicted molar refractivity (Wildman–Crippen MR) is 108 cm³/mol. The quantitative estimate of drug-likeness (QED) is 0.867. The van der Waals surface area contributed by atoms with Crippen LogP contribution in [-0.2, 0) is 16.8 Å². The standard InChI is InChI=1S/C22H25FN4O2/c1-14(28)26(3)19-8-9-27(13-19)21(29)16-10-15-11-22(2,25-20(15)24-12-16)17-4-6-18(23)7-5-17/h4-7,10,12,19H,8-9,11,13H2,1-3H3,(H,24,25)/t19?,22-/m1/s1. The molecule has 2 aromatic rings. The van der Waals surface area contributed by atoms with Gasteiger partial charge in [0.2, 0.25) is 5.91 Å². The Morgan fingerprint density at radius 1 is 1.31 bits per heavy atom. The monoisotopic (exact) mass is 396 g/mol. The summed E-state index contributed by atoms with van der Waals surface area (Å²) in [5.74, 6) is 0.437. The van der Waals surface area contributed by atoms with Gasteiger partial charge in [0.1, 0.15) is 11.6 Å². The van der Waals surface area contributed by atoms with E-state index in [9.17, 15) is 14.0 Å². The number of carbonyl (C=O) groups excluding carboxylic acids is 2. The highest BCUT2D eigenvalue weighted by Gasteiger charge is 2.36. The van der Waals surface area contributed by atoms with E-state index in [1.54, 1.807) is 42.1 Å². The van der Waals surface area contributed by atoms with Gasteiger partial charge < -0.3 is 15.1 Å². The first-order valence-corrected chi connectivity index (χ1v) is 9.83. The Hall–Kier alpha value is -2.96. The molecule has 0 radical (unpaired) electrons. The molecule has 0 aliphatic carbocycles. The summed E-state index contributed by atoms with van der Waals surface area (Å²) in [5.41, 5.74) is 2.10. The molecular weight excluding hydrogens is 371 g/mol. The van der Waals surface area contributed by atoms with Crippen molar-refractivity contribution < 1.29 is 14.0 Å². The van der Waals surface area contributed by atoms with Crippen LogP contribution in [0, 0.1) is 5.82 Å². The van der Waals surface area contributed by atoms with E-state index in [2.05, 4.69) is 10.3 Å². The number of likely N-dealkylation sites (tertiary alicyclic amines) is 1. The number of amides is 2. The molecule has 0 bridgehead atoms. The molecule has 6 nitrogen and oxygen atoms in total. The van der Waals surface area contributed by atoms with Crippen molar-refractivity contribution in [1.29, 1.82) is 0 Å². The van der Waals surface area contributed by atoms with E-state index in [-0.39, 0.29) is 23.7 Å². The highest BCUT2D eigenvalue weighted by molar-refractivity contribution is 5.95. The third-order valence-electron chi connectivity index (χ3n) is 6.13. The van der Waals surface area contributed by atoms with Crippen molar-refractivity contribution in [2.75, 3.05) is 25.5 Å². The number of anilines is 1. The molecule has 1 saturated heterocycles. The molecule has 1 aromatic carbocycles. The van der Waals surface area contributed by atoms with Crippen LogP contribution in [0.4, 0.5) is 10.2 Å². The lowest BCUT2D eigenvalue weighted by molar-refractivity contribution is -0.129. The van der Waals surface area contributed by atoms with E-state index in [1.165, 1.54) is 12.1 Å². The summed E-state index contributed by atoms with van der Waals surface area (Å²) >= 11 is 0. The third kappa shape index (κ3) is 3.57. The molecule has 29 heavy (non-hydrogen) atoms. The van der Waals surface area contributed by atoms with Crippen LogP contribution < -0.4 is 5.32 Å².